The van der Waals surface area contributed by atoms with Crippen LogP contribution in [0.4, 0.5) is 0 Å². The predicted octanol–water partition coefficient (Wildman–Crippen LogP) is 2.18. The molecule has 0 saturated carbocycles. The quantitative estimate of drug-likeness (QED) is 0.934. The van der Waals surface area contributed by atoms with Crippen LogP contribution < -0.4 is 4.72 Å². The van der Waals surface area contributed by atoms with Gasteiger partial charge in [-0.15, -0.1) is 0 Å². The topological polar surface area (TPSA) is 66.5 Å². The molecule has 0 bridgehead atoms. The summed E-state index contributed by atoms with van der Waals surface area (Å²) >= 11 is 0. The minimum Gasteiger partial charge on any atom is -0.331 e. The molecule has 6 heteroatoms. The molecule has 1 N–H and O–H groups in total. The van der Waals surface area contributed by atoms with Crippen LogP contribution in [0.15, 0.2) is 59.5 Å². The van der Waals surface area contributed by atoms with Crippen LogP contribution in [0, 0.1) is 0 Å². The molecule has 1 fully saturated rings. The monoisotopic (exact) mass is 330 g/mol. The van der Waals surface area contributed by atoms with E-state index < -0.39 is 10.0 Å². The van der Waals surface area contributed by atoms with Gasteiger partial charge in [0.1, 0.15) is 0 Å². The van der Waals surface area contributed by atoms with Crippen LogP contribution >= 0.6 is 0 Å². The zero-order chi connectivity index (χ0) is 16.4. The number of carbonyl (C=O) groups excluding carboxylic acids is 1. The van der Waals surface area contributed by atoms with Gasteiger partial charge in [0.25, 0.3) is 5.91 Å². The second-order valence-corrected chi connectivity index (χ2v) is 7.33. The van der Waals surface area contributed by atoms with Gasteiger partial charge in [0.2, 0.25) is 10.0 Å². The summed E-state index contributed by atoms with van der Waals surface area (Å²) in [5, 5.41) is 0. The first kappa shape index (κ1) is 15.7. The third-order valence-corrected chi connectivity index (χ3v) is 5.58. The molecule has 0 unspecified atom stereocenters. The van der Waals surface area contributed by atoms with Gasteiger partial charge in [-0.3, -0.25) is 4.79 Å². The molecule has 0 radical (unpaired) electrons. The molecule has 23 heavy (non-hydrogen) atoms. The number of benzene rings is 2. The Balaban J connectivity index is 1.79. The van der Waals surface area contributed by atoms with Crippen LogP contribution in [0.5, 0.6) is 0 Å². The normalized spacial score (nSPS) is 17.6. The van der Waals surface area contributed by atoms with Gasteiger partial charge in [-0.1, -0.05) is 30.3 Å². The van der Waals surface area contributed by atoms with Crippen molar-refractivity contribution in [1.82, 2.24) is 9.62 Å². The van der Waals surface area contributed by atoms with Crippen molar-refractivity contribution < 1.29 is 13.2 Å². The van der Waals surface area contributed by atoms with E-state index in [1.807, 2.05) is 35.2 Å². The first-order valence-corrected chi connectivity index (χ1v) is 8.91. The molecule has 2 aromatic rings. The molecule has 1 heterocycles. The SMILES string of the molecule is CNS(=O)(=O)c1ccc(C(=O)N2CC[C@H]2c2ccccc2)cc1. The Morgan fingerprint density at radius 2 is 1.74 bits per heavy atom. The predicted molar refractivity (Wildman–Crippen MR) is 87.5 cm³/mol. The van der Waals surface area contributed by atoms with Crippen LogP contribution in [-0.4, -0.2) is 32.8 Å². The first-order chi connectivity index (χ1) is 11.0. The van der Waals surface area contributed by atoms with E-state index in [2.05, 4.69) is 4.72 Å². The molecular formula is C17H18N2O3S. The van der Waals surface area contributed by atoms with Gasteiger partial charge in [-0.25, -0.2) is 13.1 Å². The lowest BCUT2D eigenvalue weighted by molar-refractivity contribution is 0.0460. The van der Waals surface area contributed by atoms with Crippen molar-refractivity contribution in [3.05, 3.63) is 65.7 Å². The Labute approximate surface area is 136 Å². The number of carbonyl (C=O) groups is 1. The summed E-state index contributed by atoms with van der Waals surface area (Å²) < 4.78 is 25.7. The smallest absolute Gasteiger partial charge is 0.254 e. The van der Waals surface area contributed by atoms with Crippen LogP contribution in [0.2, 0.25) is 0 Å². The summed E-state index contributed by atoms with van der Waals surface area (Å²) in [7, 11) is -2.12. The summed E-state index contributed by atoms with van der Waals surface area (Å²) in [4.78, 5) is 14.6. The molecule has 120 valence electrons. The number of amides is 1. The molecule has 0 spiro atoms. The fourth-order valence-electron chi connectivity index (χ4n) is 2.71. The average molecular weight is 330 g/mol. The lowest BCUT2D eigenvalue weighted by Crippen LogP contribution is -2.45. The standard InChI is InChI=1S/C17H18N2O3S/c1-18-23(21,22)15-9-7-14(8-10-15)17(20)19-12-11-16(19)13-5-3-2-4-6-13/h2-10,16,18H,11-12H2,1H3/t16-/m0/s1. The fraction of sp³-hybridized carbons (Fsp3) is 0.235. The van der Waals surface area contributed by atoms with Gasteiger partial charge in [0.15, 0.2) is 0 Å². The van der Waals surface area contributed by atoms with E-state index in [0.29, 0.717) is 5.56 Å². The minimum atomic E-state index is -3.48. The van der Waals surface area contributed by atoms with Gasteiger partial charge < -0.3 is 4.90 Å². The third-order valence-electron chi connectivity index (χ3n) is 4.15. The maximum atomic E-state index is 12.6. The number of hydrogen-bond acceptors (Lipinski definition) is 3. The van der Waals surface area contributed by atoms with E-state index in [-0.39, 0.29) is 16.8 Å². The van der Waals surface area contributed by atoms with Crippen LogP contribution in [0.1, 0.15) is 28.4 Å². The van der Waals surface area contributed by atoms with E-state index in [1.165, 1.54) is 19.2 Å². The summed E-state index contributed by atoms with van der Waals surface area (Å²) in [5.74, 6) is -0.0708. The summed E-state index contributed by atoms with van der Waals surface area (Å²) in [6.07, 6.45) is 0.946. The average Bonchev–Trinajstić information content (AvgIpc) is 2.55. The maximum Gasteiger partial charge on any atom is 0.254 e. The number of nitrogens with one attached hydrogen (secondary N) is 1. The van der Waals surface area contributed by atoms with E-state index in [4.69, 9.17) is 0 Å². The molecule has 1 saturated heterocycles. The third kappa shape index (κ3) is 3.00. The van der Waals surface area contributed by atoms with Crippen molar-refractivity contribution in [3.63, 3.8) is 0 Å². The maximum absolute atomic E-state index is 12.6. The number of nitrogens with zero attached hydrogens (tertiary/aromatic N) is 1. The van der Waals surface area contributed by atoms with Crippen molar-refractivity contribution >= 4 is 15.9 Å². The lowest BCUT2D eigenvalue weighted by Gasteiger charge is -2.41. The Morgan fingerprint density at radius 3 is 2.26 bits per heavy atom. The molecule has 1 aliphatic heterocycles. The Hall–Kier alpha value is -2.18. The summed E-state index contributed by atoms with van der Waals surface area (Å²) in [6.45, 7) is 0.717. The van der Waals surface area contributed by atoms with Crippen molar-refractivity contribution in [2.75, 3.05) is 13.6 Å². The van der Waals surface area contributed by atoms with Crippen molar-refractivity contribution in [1.29, 1.82) is 0 Å². The number of hydrogen-bond donors (Lipinski definition) is 1. The molecule has 1 amide bonds. The highest BCUT2D eigenvalue weighted by Gasteiger charge is 2.33. The molecule has 0 aromatic heterocycles. The molecule has 1 aliphatic rings. The number of sulfonamides is 1. The first-order valence-electron chi connectivity index (χ1n) is 7.42. The lowest BCUT2D eigenvalue weighted by atomic mass is 9.94. The second-order valence-electron chi connectivity index (χ2n) is 5.45. The number of rotatable bonds is 4. The summed E-state index contributed by atoms with van der Waals surface area (Å²) in [5.41, 5.74) is 1.63. The van der Waals surface area contributed by atoms with E-state index >= 15 is 0 Å². The molecule has 3 rings (SSSR count). The van der Waals surface area contributed by atoms with E-state index in [0.717, 1.165) is 18.5 Å². The largest absolute Gasteiger partial charge is 0.331 e. The van der Waals surface area contributed by atoms with Crippen molar-refractivity contribution in [2.24, 2.45) is 0 Å². The van der Waals surface area contributed by atoms with Gasteiger partial charge in [0.05, 0.1) is 10.9 Å². The summed E-state index contributed by atoms with van der Waals surface area (Å²) in [6, 6.07) is 16.1. The van der Waals surface area contributed by atoms with E-state index in [1.54, 1.807) is 12.1 Å². The molecule has 5 nitrogen and oxygen atoms in total. The van der Waals surface area contributed by atoms with Gasteiger partial charge in [0, 0.05) is 12.1 Å². The van der Waals surface area contributed by atoms with Gasteiger partial charge in [-0.2, -0.15) is 0 Å². The Morgan fingerprint density at radius 1 is 1.09 bits per heavy atom. The highest BCUT2D eigenvalue weighted by Crippen LogP contribution is 2.34. The fourth-order valence-corrected chi connectivity index (χ4v) is 3.44. The van der Waals surface area contributed by atoms with Crippen LogP contribution in [0.3, 0.4) is 0 Å². The van der Waals surface area contributed by atoms with Crippen molar-refractivity contribution in [3.8, 4) is 0 Å². The molecular weight excluding hydrogens is 312 g/mol. The highest BCUT2D eigenvalue weighted by molar-refractivity contribution is 7.89. The highest BCUT2D eigenvalue weighted by atomic mass is 32.2. The zero-order valence-electron chi connectivity index (χ0n) is 12.8. The Bertz CT molecular complexity index is 801. The molecule has 2 aromatic carbocycles. The number of likely N-dealkylation sites (tertiary alicyclic amines) is 1. The Kier molecular flexibility index (Phi) is 4.19. The van der Waals surface area contributed by atoms with E-state index in [9.17, 15) is 13.2 Å². The molecule has 0 aliphatic carbocycles. The van der Waals surface area contributed by atoms with Crippen molar-refractivity contribution in [2.45, 2.75) is 17.4 Å². The van der Waals surface area contributed by atoms with Crippen LogP contribution in [0.25, 0.3) is 0 Å². The van der Waals surface area contributed by atoms with Crippen LogP contribution in [-0.2, 0) is 10.0 Å². The molecule has 1 atom stereocenters. The minimum absolute atomic E-state index is 0.0708. The van der Waals surface area contributed by atoms with Gasteiger partial charge in [-0.05, 0) is 43.3 Å². The zero-order valence-corrected chi connectivity index (χ0v) is 13.6. The van der Waals surface area contributed by atoms with Gasteiger partial charge >= 0.3 is 0 Å². The second kappa shape index (κ2) is 6.14.